The number of carbonyl (C=O) groups is 1. The summed E-state index contributed by atoms with van der Waals surface area (Å²) in [6.07, 6.45) is 0.603. The van der Waals surface area contributed by atoms with Gasteiger partial charge in [-0.2, -0.15) is 0 Å². The Balaban J connectivity index is 2.26. The summed E-state index contributed by atoms with van der Waals surface area (Å²) in [5.74, 6) is -0.0139. The third-order valence-electron chi connectivity index (χ3n) is 2.38. The van der Waals surface area contributed by atoms with Crippen molar-refractivity contribution < 1.29 is 9.53 Å². The minimum Gasteiger partial charge on any atom is -0.360 e. The van der Waals surface area contributed by atoms with Crippen molar-refractivity contribution in [1.82, 2.24) is 10.6 Å². The highest BCUT2D eigenvalue weighted by atomic mass is 16.5. The second kappa shape index (κ2) is 4.75. The smallest absolute Gasteiger partial charge is 0.248 e. The number of carbonyl (C=O) groups excluding carboxylic acids is 1. The Morgan fingerprint density at radius 1 is 1.64 bits per heavy atom. The molecular formula is C10H20N2O2. The van der Waals surface area contributed by atoms with Gasteiger partial charge in [-0.15, -0.1) is 0 Å². The lowest BCUT2D eigenvalue weighted by atomic mass is 10.00. The third kappa shape index (κ3) is 2.96. The van der Waals surface area contributed by atoms with Gasteiger partial charge in [-0.3, -0.25) is 4.79 Å². The van der Waals surface area contributed by atoms with Crippen molar-refractivity contribution in [1.29, 1.82) is 0 Å². The van der Waals surface area contributed by atoms with Crippen LogP contribution < -0.4 is 10.6 Å². The zero-order valence-electron chi connectivity index (χ0n) is 9.22. The van der Waals surface area contributed by atoms with E-state index in [9.17, 15) is 4.79 Å². The molecule has 14 heavy (non-hydrogen) atoms. The van der Waals surface area contributed by atoms with E-state index in [1.165, 1.54) is 0 Å². The molecule has 0 aromatic heterocycles. The molecule has 1 amide bonds. The molecule has 0 radical (unpaired) electrons. The van der Waals surface area contributed by atoms with Crippen LogP contribution in [-0.4, -0.2) is 37.2 Å². The van der Waals surface area contributed by atoms with Crippen LogP contribution in [0.4, 0.5) is 0 Å². The van der Waals surface area contributed by atoms with Crippen molar-refractivity contribution >= 4 is 5.91 Å². The number of amides is 1. The maximum absolute atomic E-state index is 11.5. The topological polar surface area (TPSA) is 50.4 Å². The van der Waals surface area contributed by atoms with E-state index in [2.05, 4.69) is 10.6 Å². The highest BCUT2D eigenvalue weighted by Crippen LogP contribution is 2.17. The molecule has 0 aromatic rings. The molecule has 4 nitrogen and oxygen atoms in total. The van der Waals surface area contributed by atoms with E-state index < -0.39 is 0 Å². The lowest BCUT2D eigenvalue weighted by Gasteiger charge is -2.40. The van der Waals surface area contributed by atoms with E-state index >= 15 is 0 Å². The Labute approximate surface area is 85.4 Å². The van der Waals surface area contributed by atoms with Gasteiger partial charge in [-0.1, -0.05) is 6.92 Å². The number of rotatable bonds is 5. The van der Waals surface area contributed by atoms with E-state index in [1.807, 2.05) is 13.8 Å². The number of hydrogen-bond acceptors (Lipinski definition) is 3. The van der Waals surface area contributed by atoms with Gasteiger partial charge in [0, 0.05) is 19.6 Å². The van der Waals surface area contributed by atoms with Crippen LogP contribution in [0.15, 0.2) is 0 Å². The molecule has 4 heteroatoms. The summed E-state index contributed by atoms with van der Waals surface area (Å²) in [7, 11) is 0. The fraction of sp³-hybridized carbons (Fsp3) is 0.900. The van der Waals surface area contributed by atoms with E-state index in [0.717, 1.165) is 26.1 Å². The summed E-state index contributed by atoms with van der Waals surface area (Å²) in [6.45, 7) is 8.24. The van der Waals surface area contributed by atoms with Gasteiger partial charge < -0.3 is 15.4 Å². The van der Waals surface area contributed by atoms with Gasteiger partial charge >= 0.3 is 0 Å². The van der Waals surface area contributed by atoms with Gasteiger partial charge in [0.25, 0.3) is 0 Å². The van der Waals surface area contributed by atoms with Crippen LogP contribution >= 0.6 is 0 Å². The van der Waals surface area contributed by atoms with Crippen LogP contribution in [0, 0.1) is 0 Å². The molecule has 1 saturated heterocycles. The molecule has 1 fully saturated rings. The van der Waals surface area contributed by atoms with E-state index in [1.54, 1.807) is 6.92 Å². The maximum Gasteiger partial charge on any atom is 0.248 e. The van der Waals surface area contributed by atoms with Crippen molar-refractivity contribution in [2.75, 3.05) is 19.6 Å². The Morgan fingerprint density at radius 2 is 2.29 bits per heavy atom. The highest BCUT2D eigenvalue weighted by Gasteiger charge is 2.35. The summed E-state index contributed by atoms with van der Waals surface area (Å²) in [5, 5.41) is 5.95. The average Bonchev–Trinajstić information content (AvgIpc) is 2.11. The molecule has 82 valence electrons. The lowest BCUT2D eigenvalue weighted by Crippen LogP contribution is -2.61. The lowest BCUT2D eigenvalue weighted by molar-refractivity contribution is -0.149. The van der Waals surface area contributed by atoms with Crippen LogP contribution in [0.5, 0.6) is 0 Å². The van der Waals surface area contributed by atoms with Crippen LogP contribution in [-0.2, 0) is 9.53 Å². The predicted octanol–water partition coefficient (Wildman–Crippen LogP) is 0.280. The van der Waals surface area contributed by atoms with Crippen molar-refractivity contribution in [3.8, 4) is 0 Å². The molecular weight excluding hydrogens is 180 g/mol. The van der Waals surface area contributed by atoms with Crippen molar-refractivity contribution in [3.63, 3.8) is 0 Å². The molecule has 1 unspecified atom stereocenters. The summed E-state index contributed by atoms with van der Waals surface area (Å²) in [4.78, 5) is 11.5. The SMILES string of the molecule is CCCNC(=O)C(C)OC1(C)CNC1. The molecule has 0 aliphatic carbocycles. The van der Waals surface area contributed by atoms with E-state index in [-0.39, 0.29) is 17.6 Å². The Bertz CT molecular complexity index is 202. The molecule has 0 saturated carbocycles. The molecule has 2 N–H and O–H groups in total. The van der Waals surface area contributed by atoms with Crippen molar-refractivity contribution in [2.45, 2.75) is 38.9 Å². The Hall–Kier alpha value is -0.610. The Kier molecular flexibility index (Phi) is 3.89. The number of hydrogen-bond donors (Lipinski definition) is 2. The highest BCUT2D eigenvalue weighted by molar-refractivity contribution is 5.80. The fourth-order valence-electron chi connectivity index (χ4n) is 1.43. The van der Waals surface area contributed by atoms with Gasteiger partial charge in [0.15, 0.2) is 0 Å². The number of nitrogens with one attached hydrogen (secondary N) is 2. The first kappa shape index (κ1) is 11.5. The predicted molar refractivity (Wildman–Crippen MR) is 55.1 cm³/mol. The molecule has 1 heterocycles. The molecule has 0 aromatic carbocycles. The van der Waals surface area contributed by atoms with Crippen molar-refractivity contribution in [2.24, 2.45) is 0 Å². The molecule has 1 aliphatic rings. The first-order valence-electron chi connectivity index (χ1n) is 5.23. The van der Waals surface area contributed by atoms with E-state index in [0.29, 0.717) is 0 Å². The van der Waals surface area contributed by atoms with Gasteiger partial charge in [0.05, 0.1) is 5.60 Å². The second-order valence-electron chi connectivity index (χ2n) is 4.10. The monoisotopic (exact) mass is 200 g/mol. The summed E-state index contributed by atoms with van der Waals surface area (Å²) >= 11 is 0. The maximum atomic E-state index is 11.5. The van der Waals surface area contributed by atoms with Gasteiger partial charge in [-0.25, -0.2) is 0 Å². The van der Waals surface area contributed by atoms with Gasteiger partial charge in [0.2, 0.25) is 5.91 Å². The van der Waals surface area contributed by atoms with Crippen molar-refractivity contribution in [3.05, 3.63) is 0 Å². The molecule has 1 atom stereocenters. The summed E-state index contributed by atoms with van der Waals surface area (Å²) in [6, 6.07) is 0. The fourth-order valence-corrected chi connectivity index (χ4v) is 1.43. The van der Waals surface area contributed by atoms with Crippen LogP contribution in [0.2, 0.25) is 0 Å². The third-order valence-corrected chi connectivity index (χ3v) is 2.38. The standard InChI is InChI=1S/C10H20N2O2/c1-4-5-12-9(13)8(2)14-10(3)6-11-7-10/h8,11H,4-7H2,1-3H3,(H,12,13). The Morgan fingerprint density at radius 3 is 2.71 bits per heavy atom. The van der Waals surface area contributed by atoms with Gasteiger partial charge in [0.1, 0.15) is 6.10 Å². The molecule has 1 aliphatic heterocycles. The quantitative estimate of drug-likeness (QED) is 0.670. The number of ether oxygens (including phenoxy) is 1. The zero-order chi connectivity index (χ0) is 10.6. The minimum atomic E-state index is -0.353. The minimum absolute atomic E-state index is 0.0139. The summed E-state index contributed by atoms with van der Waals surface area (Å²) in [5.41, 5.74) is -0.150. The van der Waals surface area contributed by atoms with Crippen LogP contribution in [0.25, 0.3) is 0 Å². The normalized spacial score (nSPS) is 21.1. The van der Waals surface area contributed by atoms with Crippen LogP contribution in [0.3, 0.4) is 0 Å². The van der Waals surface area contributed by atoms with E-state index in [4.69, 9.17) is 4.74 Å². The summed E-state index contributed by atoms with van der Waals surface area (Å²) < 4.78 is 5.66. The zero-order valence-corrected chi connectivity index (χ0v) is 9.22. The molecule has 1 rings (SSSR count). The first-order chi connectivity index (χ1) is 6.57. The van der Waals surface area contributed by atoms with Gasteiger partial charge in [-0.05, 0) is 20.3 Å². The first-order valence-corrected chi connectivity index (χ1v) is 5.23. The largest absolute Gasteiger partial charge is 0.360 e. The second-order valence-corrected chi connectivity index (χ2v) is 4.10. The van der Waals surface area contributed by atoms with Crippen LogP contribution in [0.1, 0.15) is 27.2 Å². The molecule has 0 spiro atoms. The molecule has 0 bridgehead atoms. The average molecular weight is 200 g/mol.